The van der Waals surface area contributed by atoms with E-state index in [9.17, 15) is 4.39 Å². The number of aryl methyl sites for hydroxylation is 1. The summed E-state index contributed by atoms with van der Waals surface area (Å²) < 4.78 is 18.5. The van der Waals surface area contributed by atoms with E-state index in [1.807, 2.05) is 6.07 Å². The molecule has 0 atom stereocenters. The van der Waals surface area contributed by atoms with Crippen LogP contribution in [0.15, 0.2) is 16.6 Å². The van der Waals surface area contributed by atoms with Crippen LogP contribution in [-0.2, 0) is 0 Å². The average Bonchev–Trinajstić information content (AvgIpc) is 1.85. The Labute approximate surface area is 73.3 Å². The third-order valence-corrected chi connectivity index (χ3v) is 1.86. The summed E-state index contributed by atoms with van der Waals surface area (Å²) in [6.07, 6.45) is 0. The molecule has 0 spiro atoms. The Bertz CT molecular complexity index is 250. The summed E-state index contributed by atoms with van der Waals surface area (Å²) in [6, 6.07) is 3.19. The molecule has 3 heteroatoms. The zero-order valence-corrected chi connectivity index (χ0v) is 7.90. The number of rotatable bonds is 1. The molecule has 1 aromatic carbocycles. The van der Waals surface area contributed by atoms with Crippen molar-refractivity contribution in [3.05, 3.63) is 28.0 Å². The molecule has 1 rings (SSSR count). The number of hydrogen-bond acceptors (Lipinski definition) is 1. The zero-order valence-electron chi connectivity index (χ0n) is 6.32. The Balaban J connectivity index is 3.25. The van der Waals surface area contributed by atoms with Gasteiger partial charge >= 0.3 is 0 Å². The van der Waals surface area contributed by atoms with Gasteiger partial charge in [-0.15, -0.1) is 0 Å². The Hall–Kier alpha value is -0.570. The summed E-state index contributed by atoms with van der Waals surface area (Å²) in [5.41, 5.74) is 0.791. The van der Waals surface area contributed by atoms with E-state index < -0.39 is 0 Å². The molecule has 0 unspecified atom stereocenters. The minimum atomic E-state index is -0.334. The van der Waals surface area contributed by atoms with Crippen molar-refractivity contribution in [2.75, 3.05) is 7.11 Å². The summed E-state index contributed by atoms with van der Waals surface area (Å²) in [5, 5.41) is 0. The minimum Gasteiger partial charge on any atom is -0.493 e. The monoisotopic (exact) mass is 218 g/mol. The maximum absolute atomic E-state index is 13.0. The number of methoxy groups -OCH3 is 1. The molecule has 1 aromatic rings. The van der Waals surface area contributed by atoms with Crippen molar-refractivity contribution < 1.29 is 9.13 Å². The van der Waals surface area contributed by atoms with Gasteiger partial charge in [-0.2, -0.15) is 0 Å². The largest absolute Gasteiger partial charge is 0.493 e. The summed E-state index contributed by atoms with van der Waals surface area (Å²) in [6.45, 7) is 1.80. The van der Waals surface area contributed by atoms with Gasteiger partial charge in [-0.05, 0) is 24.6 Å². The van der Waals surface area contributed by atoms with Crippen molar-refractivity contribution in [3.8, 4) is 5.75 Å². The van der Waals surface area contributed by atoms with Crippen molar-refractivity contribution in [3.63, 3.8) is 0 Å². The fourth-order valence-corrected chi connectivity index (χ4v) is 1.49. The standard InChI is InChI=1S/C8H8BrFO/c1-5-3-6(9)4-7(10)8(5)11-2/h3-4H,1-2H3. The van der Waals surface area contributed by atoms with Crippen LogP contribution in [0.5, 0.6) is 5.75 Å². The Morgan fingerprint density at radius 1 is 1.45 bits per heavy atom. The van der Waals surface area contributed by atoms with E-state index in [2.05, 4.69) is 15.9 Å². The summed E-state index contributed by atoms with van der Waals surface area (Å²) >= 11 is 3.18. The molecule has 0 amide bonds. The number of halogens is 2. The third-order valence-electron chi connectivity index (χ3n) is 1.40. The summed E-state index contributed by atoms with van der Waals surface area (Å²) in [5.74, 6) is -0.0208. The number of hydrogen-bond donors (Lipinski definition) is 0. The fraction of sp³-hybridized carbons (Fsp3) is 0.250. The van der Waals surface area contributed by atoms with Crippen molar-refractivity contribution in [1.29, 1.82) is 0 Å². The van der Waals surface area contributed by atoms with Gasteiger partial charge in [0.05, 0.1) is 7.11 Å². The maximum atomic E-state index is 13.0. The van der Waals surface area contributed by atoms with Gasteiger partial charge in [0.1, 0.15) is 0 Å². The molecule has 0 radical (unpaired) electrons. The lowest BCUT2D eigenvalue weighted by Gasteiger charge is -2.05. The van der Waals surface area contributed by atoms with E-state index in [4.69, 9.17) is 4.74 Å². The first-order chi connectivity index (χ1) is 5.15. The smallest absolute Gasteiger partial charge is 0.166 e. The third kappa shape index (κ3) is 1.71. The second-order valence-corrected chi connectivity index (χ2v) is 3.15. The van der Waals surface area contributed by atoms with Crippen LogP contribution in [0.1, 0.15) is 5.56 Å². The van der Waals surface area contributed by atoms with E-state index in [0.717, 1.165) is 10.0 Å². The van der Waals surface area contributed by atoms with Crippen molar-refractivity contribution in [2.45, 2.75) is 6.92 Å². The van der Waals surface area contributed by atoms with E-state index in [1.54, 1.807) is 6.92 Å². The molecular formula is C8H8BrFO. The van der Waals surface area contributed by atoms with Crippen molar-refractivity contribution >= 4 is 15.9 Å². The molecule has 0 aromatic heterocycles. The van der Waals surface area contributed by atoms with Gasteiger partial charge in [-0.1, -0.05) is 15.9 Å². The molecule has 0 heterocycles. The van der Waals surface area contributed by atoms with Gasteiger partial charge in [0.15, 0.2) is 11.6 Å². The molecule has 0 aliphatic heterocycles. The van der Waals surface area contributed by atoms with Crippen LogP contribution < -0.4 is 4.74 Å². The lowest BCUT2D eigenvalue weighted by Crippen LogP contribution is -1.91. The van der Waals surface area contributed by atoms with Crippen LogP contribution in [0.25, 0.3) is 0 Å². The van der Waals surface area contributed by atoms with Crippen LogP contribution in [0.3, 0.4) is 0 Å². The normalized spacial score (nSPS) is 9.82. The topological polar surface area (TPSA) is 9.23 Å². The molecule has 0 fully saturated rings. The molecule has 0 saturated heterocycles. The van der Waals surface area contributed by atoms with Crippen LogP contribution in [0.4, 0.5) is 4.39 Å². The Kier molecular flexibility index (Phi) is 2.49. The van der Waals surface area contributed by atoms with E-state index in [-0.39, 0.29) is 5.82 Å². The van der Waals surface area contributed by atoms with Crippen LogP contribution in [0.2, 0.25) is 0 Å². The highest BCUT2D eigenvalue weighted by Crippen LogP contribution is 2.25. The zero-order chi connectivity index (χ0) is 8.43. The highest BCUT2D eigenvalue weighted by molar-refractivity contribution is 9.10. The molecule has 60 valence electrons. The maximum Gasteiger partial charge on any atom is 0.166 e. The average molecular weight is 219 g/mol. The molecular weight excluding hydrogens is 211 g/mol. The molecule has 11 heavy (non-hydrogen) atoms. The van der Waals surface area contributed by atoms with Gasteiger partial charge in [-0.3, -0.25) is 0 Å². The first-order valence-corrected chi connectivity index (χ1v) is 3.94. The molecule has 0 N–H and O–H groups in total. The first-order valence-electron chi connectivity index (χ1n) is 3.15. The predicted octanol–water partition coefficient (Wildman–Crippen LogP) is 2.91. The van der Waals surface area contributed by atoms with Crippen molar-refractivity contribution in [2.24, 2.45) is 0 Å². The molecule has 0 bridgehead atoms. The minimum absolute atomic E-state index is 0.313. The van der Waals surface area contributed by atoms with Gasteiger partial charge in [0, 0.05) is 4.47 Å². The summed E-state index contributed by atoms with van der Waals surface area (Å²) in [4.78, 5) is 0. The number of benzene rings is 1. The molecule has 0 aliphatic rings. The van der Waals surface area contributed by atoms with Crippen LogP contribution in [-0.4, -0.2) is 7.11 Å². The van der Waals surface area contributed by atoms with Gasteiger partial charge in [0.25, 0.3) is 0 Å². The second-order valence-electron chi connectivity index (χ2n) is 2.24. The first kappa shape index (κ1) is 8.53. The van der Waals surface area contributed by atoms with E-state index in [1.165, 1.54) is 13.2 Å². The highest BCUT2D eigenvalue weighted by atomic mass is 79.9. The van der Waals surface area contributed by atoms with Gasteiger partial charge in [0.2, 0.25) is 0 Å². The lowest BCUT2D eigenvalue weighted by atomic mass is 10.2. The molecule has 0 aliphatic carbocycles. The second kappa shape index (κ2) is 3.22. The molecule has 1 nitrogen and oxygen atoms in total. The van der Waals surface area contributed by atoms with Crippen LogP contribution in [0, 0.1) is 12.7 Å². The SMILES string of the molecule is COc1c(C)cc(Br)cc1F. The van der Waals surface area contributed by atoms with E-state index in [0.29, 0.717) is 5.75 Å². The van der Waals surface area contributed by atoms with Gasteiger partial charge < -0.3 is 4.74 Å². The summed E-state index contributed by atoms with van der Waals surface area (Å²) in [7, 11) is 1.46. The fourth-order valence-electron chi connectivity index (χ4n) is 0.948. The lowest BCUT2D eigenvalue weighted by molar-refractivity contribution is 0.383. The Morgan fingerprint density at radius 2 is 2.09 bits per heavy atom. The Morgan fingerprint density at radius 3 is 2.55 bits per heavy atom. The quantitative estimate of drug-likeness (QED) is 0.705. The number of ether oxygens (including phenoxy) is 1. The van der Waals surface area contributed by atoms with E-state index >= 15 is 0 Å². The van der Waals surface area contributed by atoms with Gasteiger partial charge in [-0.25, -0.2) is 4.39 Å². The van der Waals surface area contributed by atoms with Crippen molar-refractivity contribution in [1.82, 2.24) is 0 Å². The highest BCUT2D eigenvalue weighted by Gasteiger charge is 2.05. The van der Waals surface area contributed by atoms with Crippen LogP contribution >= 0.6 is 15.9 Å². The predicted molar refractivity (Wildman–Crippen MR) is 45.4 cm³/mol. The molecule has 0 saturated carbocycles.